The van der Waals surface area contributed by atoms with Crippen LogP contribution in [-0.2, 0) is 20.9 Å². The van der Waals surface area contributed by atoms with Crippen LogP contribution in [0.5, 0.6) is 0 Å². The Labute approximate surface area is 207 Å². The Bertz CT molecular complexity index is 978. The molecular weight excluding hydrogens is 446 g/mol. The standard InChI is InChI=1S/C26H39N5O4/c1-7-28-17(3)16(2)19-10-8-18(9-11-19)14-29-24(34)21-12-20(32)15-31(21)25(35)23(26(4,5)6)30-22(33)13-27/h7-11,20-21,23,32H,12-15,27H2,1-6H3,(H,29,34)(H,30,33)/b17-16+,28-7-/t20-,21+,23-/m1/s1. The molecule has 0 unspecified atom stereocenters. The Morgan fingerprint density at radius 3 is 2.40 bits per heavy atom. The fourth-order valence-corrected chi connectivity index (χ4v) is 4.02. The molecule has 1 fully saturated rings. The summed E-state index contributed by atoms with van der Waals surface area (Å²) in [4.78, 5) is 44.0. The number of hydrogen-bond donors (Lipinski definition) is 4. The minimum atomic E-state index is -0.872. The van der Waals surface area contributed by atoms with Crippen LogP contribution in [-0.4, -0.2) is 65.2 Å². The number of benzene rings is 1. The Kier molecular flexibility index (Phi) is 9.73. The van der Waals surface area contributed by atoms with Crippen LogP contribution >= 0.6 is 0 Å². The van der Waals surface area contributed by atoms with Crippen molar-refractivity contribution in [2.75, 3.05) is 13.1 Å². The zero-order valence-corrected chi connectivity index (χ0v) is 21.6. The van der Waals surface area contributed by atoms with Crippen LogP contribution in [0, 0.1) is 5.41 Å². The quantitative estimate of drug-likeness (QED) is 0.415. The third-order valence-corrected chi connectivity index (χ3v) is 6.19. The summed E-state index contributed by atoms with van der Waals surface area (Å²) in [6, 6.07) is 6.14. The van der Waals surface area contributed by atoms with E-state index < -0.39 is 35.4 Å². The Morgan fingerprint density at radius 1 is 1.23 bits per heavy atom. The van der Waals surface area contributed by atoms with Crippen molar-refractivity contribution in [2.45, 2.75) is 72.7 Å². The van der Waals surface area contributed by atoms with Gasteiger partial charge in [-0.05, 0) is 42.9 Å². The van der Waals surface area contributed by atoms with E-state index in [0.717, 1.165) is 22.4 Å². The van der Waals surface area contributed by atoms with Crippen molar-refractivity contribution in [1.29, 1.82) is 0 Å². The average Bonchev–Trinajstić information content (AvgIpc) is 3.21. The van der Waals surface area contributed by atoms with Crippen molar-refractivity contribution in [3.63, 3.8) is 0 Å². The second-order valence-electron chi connectivity index (χ2n) is 9.98. The highest BCUT2D eigenvalue weighted by Gasteiger charge is 2.44. The maximum absolute atomic E-state index is 13.3. The lowest BCUT2D eigenvalue weighted by Crippen LogP contribution is -2.58. The number of rotatable bonds is 8. The van der Waals surface area contributed by atoms with Crippen molar-refractivity contribution in [2.24, 2.45) is 16.1 Å². The van der Waals surface area contributed by atoms with Gasteiger partial charge in [-0.15, -0.1) is 0 Å². The molecule has 0 spiro atoms. The zero-order valence-electron chi connectivity index (χ0n) is 21.6. The molecule has 1 aliphatic rings. The summed E-state index contributed by atoms with van der Waals surface area (Å²) >= 11 is 0. The van der Waals surface area contributed by atoms with E-state index in [2.05, 4.69) is 15.6 Å². The number of nitrogens with two attached hydrogens (primary N) is 1. The van der Waals surface area contributed by atoms with E-state index in [1.165, 1.54) is 4.90 Å². The summed E-state index contributed by atoms with van der Waals surface area (Å²) in [6.07, 6.45) is 1.08. The monoisotopic (exact) mass is 485 g/mol. The normalized spacial score (nSPS) is 19.9. The largest absolute Gasteiger partial charge is 0.391 e. The molecule has 1 saturated heterocycles. The summed E-state index contributed by atoms with van der Waals surface area (Å²) in [5.74, 6) is -1.21. The first-order chi connectivity index (χ1) is 16.4. The molecule has 1 aliphatic heterocycles. The van der Waals surface area contributed by atoms with E-state index in [-0.39, 0.29) is 32.0 Å². The van der Waals surface area contributed by atoms with Gasteiger partial charge in [0.2, 0.25) is 17.7 Å². The van der Waals surface area contributed by atoms with Gasteiger partial charge in [0.25, 0.3) is 0 Å². The molecular formula is C26H39N5O4. The molecule has 9 heteroatoms. The van der Waals surface area contributed by atoms with E-state index in [4.69, 9.17) is 5.73 Å². The zero-order chi connectivity index (χ0) is 26.3. The van der Waals surface area contributed by atoms with Crippen LogP contribution in [0.25, 0.3) is 5.57 Å². The number of nitrogens with one attached hydrogen (secondary N) is 2. The lowest BCUT2D eigenvalue weighted by Gasteiger charge is -2.35. The number of aliphatic imine (C=N–C) groups is 1. The number of β-amino-alcohol motifs (C(OH)–C–C–N with tert-alkyl or cyclic N) is 1. The van der Waals surface area contributed by atoms with Gasteiger partial charge < -0.3 is 26.4 Å². The van der Waals surface area contributed by atoms with E-state index in [1.54, 1.807) is 6.21 Å². The minimum absolute atomic E-state index is 0.0297. The molecule has 0 aromatic heterocycles. The SMILES string of the molecule is C/C=N\C(C)=C(/C)c1ccc(CNC(=O)[C@@H]2C[C@@H](O)CN2C(=O)[C@@H](NC(=O)CN)C(C)(C)C)cc1. The van der Waals surface area contributed by atoms with E-state index in [0.29, 0.717) is 0 Å². The number of allylic oxidation sites excluding steroid dienone is 2. The Hall–Kier alpha value is -3.04. The van der Waals surface area contributed by atoms with Crippen LogP contribution in [0.2, 0.25) is 0 Å². The number of aliphatic hydroxyl groups excluding tert-OH is 1. The maximum atomic E-state index is 13.3. The first-order valence-electron chi connectivity index (χ1n) is 11.9. The molecule has 1 heterocycles. The number of hydrogen-bond acceptors (Lipinski definition) is 6. The molecule has 2 rings (SSSR count). The molecule has 0 saturated carbocycles. The fourth-order valence-electron chi connectivity index (χ4n) is 4.02. The average molecular weight is 486 g/mol. The van der Waals surface area contributed by atoms with Crippen LogP contribution in [0.1, 0.15) is 59.1 Å². The van der Waals surface area contributed by atoms with Crippen molar-refractivity contribution < 1.29 is 19.5 Å². The van der Waals surface area contributed by atoms with Crippen molar-refractivity contribution in [3.05, 3.63) is 41.1 Å². The van der Waals surface area contributed by atoms with Gasteiger partial charge in [0.1, 0.15) is 12.1 Å². The highest BCUT2D eigenvalue weighted by molar-refractivity contribution is 5.93. The molecule has 3 amide bonds. The molecule has 0 radical (unpaired) electrons. The number of carbonyl (C=O) groups is 3. The molecule has 35 heavy (non-hydrogen) atoms. The highest BCUT2D eigenvalue weighted by Crippen LogP contribution is 2.26. The predicted molar refractivity (Wildman–Crippen MR) is 137 cm³/mol. The third-order valence-electron chi connectivity index (χ3n) is 6.19. The molecule has 0 bridgehead atoms. The van der Waals surface area contributed by atoms with Gasteiger partial charge in [0, 0.05) is 31.4 Å². The summed E-state index contributed by atoms with van der Waals surface area (Å²) in [5, 5.41) is 15.8. The molecule has 3 atom stereocenters. The van der Waals surface area contributed by atoms with Crippen molar-refractivity contribution in [1.82, 2.24) is 15.5 Å². The van der Waals surface area contributed by atoms with Crippen molar-refractivity contribution in [3.8, 4) is 0 Å². The van der Waals surface area contributed by atoms with E-state index in [1.807, 2.05) is 65.8 Å². The van der Waals surface area contributed by atoms with Crippen LogP contribution in [0.15, 0.2) is 35.0 Å². The molecule has 1 aromatic carbocycles. The molecule has 1 aromatic rings. The van der Waals surface area contributed by atoms with Gasteiger partial charge in [0.15, 0.2) is 0 Å². The number of likely N-dealkylation sites (tertiary alicyclic amines) is 1. The highest BCUT2D eigenvalue weighted by atomic mass is 16.3. The predicted octanol–water partition coefficient (Wildman–Crippen LogP) is 1.60. The molecule has 9 nitrogen and oxygen atoms in total. The minimum Gasteiger partial charge on any atom is -0.391 e. The van der Waals surface area contributed by atoms with Crippen molar-refractivity contribution >= 4 is 29.5 Å². The first-order valence-corrected chi connectivity index (χ1v) is 11.9. The van der Waals surface area contributed by atoms with Gasteiger partial charge in [-0.1, -0.05) is 45.0 Å². The lowest BCUT2D eigenvalue weighted by molar-refractivity contribution is -0.143. The van der Waals surface area contributed by atoms with Crippen LogP contribution in [0.4, 0.5) is 0 Å². The molecule has 5 N–H and O–H groups in total. The van der Waals surface area contributed by atoms with Gasteiger partial charge in [-0.25, -0.2) is 0 Å². The number of amides is 3. The maximum Gasteiger partial charge on any atom is 0.246 e. The second-order valence-corrected chi connectivity index (χ2v) is 9.98. The lowest BCUT2D eigenvalue weighted by atomic mass is 9.85. The van der Waals surface area contributed by atoms with Gasteiger partial charge >= 0.3 is 0 Å². The smallest absolute Gasteiger partial charge is 0.246 e. The Balaban J connectivity index is 2.11. The van der Waals surface area contributed by atoms with Gasteiger partial charge in [-0.3, -0.25) is 19.4 Å². The molecule has 0 aliphatic carbocycles. The number of nitrogens with zero attached hydrogens (tertiary/aromatic N) is 2. The van der Waals surface area contributed by atoms with Crippen LogP contribution < -0.4 is 16.4 Å². The second kappa shape index (κ2) is 12.1. The summed E-state index contributed by atoms with van der Waals surface area (Å²) < 4.78 is 0. The topological polar surface area (TPSA) is 137 Å². The van der Waals surface area contributed by atoms with Gasteiger partial charge in [-0.2, -0.15) is 0 Å². The van der Waals surface area contributed by atoms with E-state index in [9.17, 15) is 19.5 Å². The Morgan fingerprint density at radius 2 is 1.86 bits per heavy atom. The third kappa shape index (κ3) is 7.47. The molecule has 192 valence electrons. The van der Waals surface area contributed by atoms with Crippen LogP contribution in [0.3, 0.4) is 0 Å². The summed E-state index contributed by atoms with van der Waals surface area (Å²) in [7, 11) is 0. The number of aliphatic hydroxyl groups is 1. The van der Waals surface area contributed by atoms with Gasteiger partial charge in [0.05, 0.1) is 12.6 Å². The summed E-state index contributed by atoms with van der Waals surface area (Å²) in [6.45, 7) is 11.4. The first kappa shape index (κ1) is 28.2. The van der Waals surface area contributed by atoms with E-state index >= 15 is 0 Å². The summed E-state index contributed by atoms with van der Waals surface area (Å²) in [5.41, 5.74) is 8.78. The number of carbonyl (C=O) groups excluding carboxylic acids is 3. The fraction of sp³-hybridized carbons (Fsp3) is 0.538.